The summed E-state index contributed by atoms with van der Waals surface area (Å²) in [4.78, 5) is 27.0. The van der Waals surface area contributed by atoms with Crippen LogP contribution in [0.1, 0.15) is 39.5 Å². The van der Waals surface area contributed by atoms with E-state index in [9.17, 15) is 18.0 Å². The van der Waals surface area contributed by atoms with Gasteiger partial charge in [0.15, 0.2) is 0 Å². The predicted molar refractivity (Wildman–Crippen MR) is 111 cm³/mol. The molecule has 0 spiro atoms. The van der Waals surface area contributed by atoms with Crippen LogP contribution >= 0.6 is 0 Å². The molecule has 2 heterocycles. The van der Waals surface area contributed by atoms with Crippen LogP contribution in [0.4, 0.5) is 0 Å². The number of hydrogen-bond donors (Lipinski definition) is 1. The predicted octanol–water partition coefficient (Wildman–Crippen LogP) is 1.85. The molecule has 0 radical (unpaired) electrons. The van der Waals surface area contributed by atoms with E-state index in [4.69, 9.17) is 0 Å². The van der Waals surface area contributed by atoms with Crippen molar-refractivity contribution < 1.29 is 18.0 Å². The number of rotatable bonds is 5. The molecule has 2 fully saturated rings. The first-order valence-corrected chi connectivity index (χ1v) is 11.9. The molecule has 2 amide bonds. The smallest absolute Gasteiger partial charge is 0.243 e. The molecule has 1 unspecified atom stereocenters. The van der Waals surface area contributed by atoms with E-state index in [1.807, 2.05) is 18.7 Å². The maximum atomic E-state index is 12.9. The molecule has 0 saturated carbocycles. The summed E-state index contributed by atoms with van der Waals surface area (Å²) < 4.78 is 27.1. The molecule has 1 aromatic rings. The molecule has 1 aromatic carbocycles. The first-order chi connectivity index (χ1) is 13.8. The molecule has 29 heavy (non-hydrogen) atoms. The first-order valence-electron chi connectivity index (χ1n) is 10.4. The second-order valence-electron chi connectivity index (χ2n) is 8.28. The highest BCUT2D eigenvalue weighted by Gasteiger charge is 2.34. The molecule has 0 aliphatic carbocycles. The third-order valence-electron chi connectivity index (χ3n) is 5.78. The number of likely N-dealkylation sites (tertiary alicyclic amines) is 1. The summed E-state index contributed by atoms with van der Waals surface area (Å²) in [5, 5.41) is 3.09. The number of nitrogens with zero attached hydrogens (tertiary/aromatic N) is 2. The average Bonchev–Trinajstić information content (AvgIpc) is 2.74. The van der Waals surface area contributed by atoms with E-state index in [-0.39, 0.29) is 41.1 Å². The Morgan fingerprint density at radius 1 is 1.03 bits per heavy atom. The molecule has 8 heteroatoms. The second-order valence-corrected chi connectivity index (χ2v) is 10.2. The van der Waals surface area contributed by atoms with E-state index in [0.29, 0.717) is 32.5 Å². The number of benzene rings is 1. The zero-order valence-electron chi connectivity index (χ0n) is 17.2. The fourth-order valence-electron chi connectivity index (χ4n) is 4.04. The van der Waals surface area contributed by atoms with Crippen LogP contribution in [0.15, 0.2) is 35.2 Å². The van der Waals surface area contributed by atoms with Crippen molar-refractivity contribution >= 4 is 21.8 Å². The number of piperidine rings is 2. The van der Waals surface area contributed by atoms with Crippen LogP contribution < -0.4 is 5.32 Å². The molecule has 2 aliphatic rings. The van der Waals surface area contributed by atoms with Gasteiger partial charge in [-0.15, -0.1) is 0 Å². The number of carbonyl (C=O) groups is 2. The van der Waals surface area contributed by atoms with Crippen molar-refractivity contribution in [3.8, 4) is 0 Å². The fraction of sp³-hybridized carbons (Fsp3) is 0.619. The standard InChI is InChI=1S/C21H31N3O4S/c1-16(2)21(26)23-13-10-18(11-14-23)22-20(25)17-7-6-12-24(15-17)29(27,28)19-8-4-3-5-9-19/h3-5,8-9,16-18H,6-7,10-15H2,1-2H3,(H,22,25). The van der Waals surface area contributed by atoms with Gasteiger partial charge in [0.2, 0.25) is 21.8 Å². The van der Waals surface area contributed by atoms with Crippen molar-refractivity contribution in [3.63, 3.8) is 0 Å². The molecule has 2 saturated heterocycles. The monoisotopic (exact) mass is 421 g/mol. The van der Waals surface area contributed by atoms with E-state index in [2.05, 4.69) is 5.32 Å². The lowest BCUT2D eigenvalue weighted by molar-refractivity contribution is -0.135. The number of carbonyl (C=O) groups excluding carboxylic acids is 2. The van der Waals surface area contributed by atoms with E-state index in [0.717, 1.165) is 12.8 Å². The molecular weight excluding hydrogens is 390 g/mol. The third kappa shape index (κ3) is 5.17. The van der Waals surface area contributed by atoms with E-state index >= 15 is 0 Å². The zero-order valence-corrected chi connectivity index (χ0v) is 18.0. The van der Waals surface area contributed by atoms with Gasteiger partial charge in [-0.3, -0.25) is 9.59 Å². The van der Waals surface area contributed by atoms with Gasteiger partial charge in [0.05, 0.1) is 10.8 Å². The summed E-state index contributed by atoms with van der Waals surface area (Å²) in [6, 6.07) is 8.41. The maximum absolute atomic E-state index is 12.9. The van der Waals surface area contributed by atoms with Crippen molar-refractivity contribution in [3.05, 3.63) is 30.3 Å². The van der Waals surface area contributed by atoms with Crippen molar-refractivity contribution in [2.45, 2.75) is 50.5 Å². The Hall–Kier alpha value is -1.93. The van der Waals surface area contributed by atoms with Gasteiger partial charge in [-0.2, -0.15) is 4.31 Å². The minimum Gasteiger partial charge on any atom is -0.353 e. The van der Waals surface area contributed by atoms with Crippen LogP contribution in [-0.4, -0.2) is 61.7 Å². The molecular formula is C21H31N3O4S. The van der Waals surface area contributed by atoms with Crippen molar-refractivity contribution in [1.29, 1.82) is 0 Å². The molecule has 0 aromatic heterocycles. The van der Waals surface area contributed by atoms with Crippen molar-refractivity contribution in [1.82, 2.24) is 14.5 Å². The Labute approximate surface area is 173 Å². The molecule has 2 aliphatic heterocycles. The van der Waals surface area contributed by atoms with E-state index < -0.39 is 10.0 Å². The van der Waals surface area contributed by atoms with Gasteiger partial charge in [-0.1, -0.05) is 32.0 Å². The topological polar surface area (TPSA) is 86.8 Å². The summed E-state index contributed by atoms with van der Waals surface area (Å²) in [6.45, 7) is 5.76. The second kappa shape index (κ2) is 9.26. The summed E-state index contributed by atoms with van der Waals surface area (Å²) in [7, 11) is -3.58. The van der Waals surface area contributed by atoms with Crippen LogP contribution in [-0.2, 0) is 19.6 Å². The third-order valence-corrected chi connectivity index (χ3v) is 7.66. The highest BCUT2D eigenvalue weighted by Crippen LogP contribution is 2.24. The Kier molecular flexibility index (Phi) is 6.95. The largest absolute Gasteiger partial charge is 0.353 e. The number of hydrogen-bond acceptors (Lipinski definition) is 4. The molecule has 160 valence electrons. The van der Waals surface area contributed by atoms with Crippen molar-refractivity contribution in [2.75, 3.05) is 26.2 Å². The van der Waals surface area contributed by atoms with Crippen molar-refractivity contribution in [2.24, 2.45) is 11.8 Å². The molecule has 1 atom stereocenters. The van der Waals surface area contributed by atoms with E-state index in [1.54, 1.807) is 30.3 Å². The van der Waals surface area contributed by atoms with Crippen LogP contribution in [0.5, 0.6) is 0 Å². The Morgan fingerprint density at radius 3 is 2.31 bits per heavy atom. The van der Waals surface area contributed by atoms with Crippen LogP contribution in [0.2, 0.25) is 0 Å². The SMILES string of the molecule is CC(C)C(=O)N1CCC(NC(=O)C2CCCN(S(=O)(=O)c3ccccc3)C2)CC1. The summed E-state index contributed by atoms with van der Waals surface area (Å²) in [6.07, 6.45) is 2.84. The Balaban J connectivity index is 1.55. The van der Waals surface area contributed by atoms with Crippen LogP contribution in [0.25, 0.3) is 0 Å². The van der Waals surface area contributed by atoms with Gasteiger partial charge >= 0.3 is 0 Å². The molecule has 7 nitrogen and oxygen atoms in total. The maximum Gasteiger partial charge on any atom is 0.243 e. The summed E-state index contributed by atoms with van der Waals surface area (Å²) in [5.41, 5.74) is 0. The van der Waals surface area contributed by atoms with Gasteiger partial charge < -0.3 is 10.2 Å². The number of amides is 2. The quantitative estimate of drug-likeness (QED) is 0.786. The summed E-state index contributed by atoms with van der Waals surface area (Å²) >= 11 is 0. The molecule has 0 bridgehead atoms. The van der Waals surface area contributed by atoms with Crippen LogP contribution in [0, 0.1) is 11.8 Å². The van der Waals surface area contributed by atoms with Gasteiger partial charge in [0, 0.05) is 38.1 Å². The minimum absolute atomic E-state index is 0.0130. The highest BCUT2D eigenvalue weighted by molar-refractivity contribution is 7.89. The molecule has 3 rings (SSSR count). The average molecular weight is 422 g/mol. The lowest BCUT2D eigenvalue weighted by atomic mass is 9.97. The normalized spacial score (nSPS) is 21.9. The van der Waals surface area contributed by atoms with Gasteiger partial charge in [-0.25, -0.2) is 8.42 Å². The van der Waals surface area contributed by atoms with E-state index in [1.165, 1.54) is 4.31 Å². The van der Waals surface area contributed by atoms with Crippen LogP contribution in [0.3, 0.4) is 0 Å². The molecule has 1 N–H and O–H groups in total. The first kappa shape index (κ1) is 21.8. The lowest BCUT2D eigenvalue weighted by Crippen LogP contribution is -2.51. The Morgan fingerprint density at radius 2 is 1.69 bits per heavy atom. The fourth-order valence-corrected chi connectivity index (χ4v) is 5.59. The highest BCUT2D eigenvalue weighted by atomic mass is 32.2. The number of nitrogens with one attached hydrogen (secondary N) is 1. The Bertz CT molecular complexity index is 818. The minimum atomic E-state index is -3.58. The zero-order chi connectivity index (χ0) is 21.0. The number of sulfonamides is 1. The summed E-state index contributed by atoms with van der Waals surface area (Å²) in [5.74, 6) is -0.270. The van der Waals surface area contributed by atoms with Gasteiger partial charge in [0.1, 0.15) is 0 Å². The van der Waals surface area contributed by atoms with Gasteiger partial charge in [0.25, 0.3) is 0 Å². The lowest BCUT2D eigenvalue weighted by Gasteiger charge is -2.35. The van der Waals surface area contributed by atoms with Gasteiger partial charge in [-0.05, 0) is 37.8 Å².